The SMILES string of the molecule is CCCNS(=O)(=O)c1ccc(NS(=O)(=O)c2ccc(Br)c(C)c2)cc1. The lowest BCUT2D eigenvalue weighted by Gasteiger charge is -2.10. The molecular formula is C16H19BrN2O4S2. The fourth-order valence-electron chi connectivity index (χ4n) is 2.02. The molecule has 0 saturated carbocycles. The average molecular weight is 447 g/mol. The second-order valence-electron chi connectivity index (χ2n) is 5.44. The molecule has 0 amide bonds. The van der Waals surface area contributed by atoms with Gasteiger partial charge in [0.05, 0.1) is 9.79 Å². The van der Waals surface area contributed by atoms with Crippen molar-refractivity contribution in [1.82, 2.24) is 4.72 Å². The van der Waals surface area contributed by atoms with Crippen molar-refractivity contribution in [3.05, 3.63) is 52.5 Å². The minimum absolute atomic E-state index is 0.0865. The summed E-state index contributed by atoms with van der Waals surface area (Å²) in [5, 5.41) is 0. The number of hydrogen-bond acceptors (Lipinski definition) is 4. The lowest BCUT2D eigenvalue weighted by atomic mass is 10.2. The minimum Gasteiger partial charge on any atom is -0.280 e. The Morgan fingerprint density at radius 1 is 0.920 bits per heavy atom. The van der Waals surface area contributed by atoms with Crippen molar-refractivity contribution in [3.63, 3.8) is 0 Å². The second-order valence-corrected chi connectivity index (χ2v) is 9.74. The van der Waals surface area contributed by atoms with Crippen LogP contribution in [0, 0.1) is 6.92 Å². The summed E-state index contributed by atoms with van der Waals surface area (Å²) in [7, 11) is -7.33. The van der Waals surface area contributed by atoms with Gasteiger partial charge in [0.25, 0.3) is 10.0 Å². The standard InChI is InChI=1S/C16H19BrN2O4S2/c1-3-10-18-24(20,21)14-6-4-13(5-7-14)19-25(22,23)15-8-9-16(17)12(2)11-15/h4-9,11,18-19H,3,10H2,1-2H3. The Morgan fingerprint density at radius 3 is 2.08 bits per heavy atom. The monoisotopic (exact) mass is 446 g/mol. The van der Waals surface area contributed by atoms with Gasteiger partial charge in [-0.2, -0.15) is 0 Å². The van der Waals surface area contributed by atoms with Gasteiger partial charge in [0.15, 0.2) is 0 Å². The zero-order valence-corrected chi connectivity index (χ0v) is 17.0. The molecule has 0 spiro atoms. The van der Waals surface area contributed by atoms with Gasteiger partial charge in [0, 0.05) is 16.7 Å². The van der Waals surface area contributed by atoms with E-state index in [0.29, 0.717) is 13.0 Å². The Bertz CT molecular complexity index is 956. The normalized spacial score (nSPS) is 12.1. The quantitative estimate of drug-likeness (QED) is 0.682. The smallest absolute Gasteiger partial charge is 0.261 e. The van der Waals surface area contributed by atoms with Crippen molar-refractivity contribution in [1.29, 1.82) is 0 Å². The number of sulfonamides is 2. The highest BCUT2D eigenvalue weighted by Gasteiger charge is 2.17. The molecule has 0 aliphatic carbocycles. The third-order valence-electron chi connectivity index (χ3n) is 3.40. The predicted octanol–water partition coefficient (Wildman–Crippen LogP) is 3.25. The highest BCUT2D eigenvalue weighted by atomic mass is 79.9. The highest BCUT2D eigenvalue weighted by molar-refractivity contribution is 9.10. The van der Waals surface area contributed by atoms with Crippen molar-refractivity contribution >= 4 is 41.7 Å². The van der Waals surface area contributed by atoms with Gasteiger partial charge in [0.1, 0.15) is 0 Å². The number of halogens is 1. The number of benzene rings is 2. The van der Waals surface area contributed by atoms with Crippen LogP contribution in [0.4, 0.5) is 5.69 Å². The van der Waals surface area contributed by atoms with E-state index >= 15 is 0 Å². The van der Waals surface area contributed by atoms with Crippen LogP contribution >= 0.6 is 15.9 Å². The summed E-state index contributed by atoms with van der Waals surface area (Å²) in [4.78, 5) is 0.220. The number of anilines is 1. The zero-order valence-electron chi connectivity index (χ0n) is 13.8. The molecule has 2 N–H and O–H groups in total. The van der Waals surface area contributed by atoms with Crippen LogP contribution in [0.25, 0.3) is 0 Å². The summed E-state index contributed by atoms with van der Waals surface area (Å²) >= 11 is 3.33. The molecule has 2 aromatic rings. The molecular weight excluding hydrogens is 428 g/mol. The van der Waals surface area contributed by atoms with Gasteiger partial charge in [-0.05, 0) is 61.4 Å². The first kappa shape index (κ1) is 19.9. The lowest BCUT2D eigenvalue weighted by molar-refractivity contribution is 0.581. The van der Waals surface area contributed by atoms with Crippen LogP contribution in [0.5, 0.6) is 0 Å². The minimum atomic E-state index is -3.75. The average Bonchev–Trinajstić information content (AvgIpc) is 2.55. The molecule has 0 unspecified atom stereocenters. The van der Waals surface area contributed by atoms with E-state index in [2.05, 4.69) is 25.4 Å². The molecule has 0 radical (unpaired) electrons. The zero-order chi connectivity index (χ0) is 18.7. The summed E-state index contributed by atoms with van der Waals surface area (Å²) in [6.45, 7) is 4.01. The van der Waals surface area contributed by atoms with Gasteiger partial charge in [-0.1, -0.05) is 22.9 Å². The van der Waals surface area contributed by atoms with E-state index in [1.165, 1.54) is 30.3 Å². The maximum absolute atomic E-state index is 12.4. The van der Waals surface area contributed by atoms with Crippen molar-refractivity contribution in [2.24, 2.45) is 0 Å². The summed E-state index contributed by atoms with van der Waals surface area (Å²) in [5.74, 6) is 0. The van der Waals surface area contributed by atoms with E-state index in [-0.39, 0.29) is 15.5 Å². The number of nitrogens with one attached hydrogen (secondary N) is 2. The maximum Gasteiger partial charge on any atom is 0.261 e. The second kappa shape index (κ2) is 7.86. The first-order chi connectivity index (χ1) is 11.7. The molecule has 0 atom stereocenters. The van der Waals surface area contributed by atoms with Crippen molar-refractivity contribution < 1.29 is 16.8 Å². The number of rotatable bonds is 7. The van der Waals surface area contributed by atoms with Crippen molar-refractivity contribution in [2.45, 2.75) is 30.1 Å². The Labute approximate surface area is 156 Å². The van der Waals surface area contributed by atoms with Crippen LogP contribution in [0.2, 0.25) is 0 Å². The van der Waals surface area contributed by atoms with Gasteiger partial charge in [0.2, 0.25) is 10.0 Å². The van der Waals surface area contributed by atoms with E-state index < -0.39 is 20.0 Å². The lowest BCUT2D eigenvalue weighted by Crippen LogP contribution is -2.24. The molecule has 2 rings (SSSR count). The molecule has 0 heterocycles. The number of aryl methyl sites for hydroxylation is 1. The van der Waals surface area contributed by atoms with Gasteiger partial charge in [-0.25, -0.2) is 21.6 Å². The van der Waals surface area contributed by atoms with Crippen molar-refractivity contribution in [3.8, 4) is 0 Å². The third-order valence-corrected chi connectivity index (χ3v) is 7.14. The van der Waals surface area contributed by atoms with E-state index in [1.807, 2.05) is 6.92 Å². The highest BCUT2D eigenvalue weighted by Crippen LogP contribution is 2.22. The van der Waals surface area contributed by atoms with Crippen LogP contribution in [-0.2, 0) is 20.0 Å². The molecule has 25 heavy (non-hydrogen) atoms. The van der Waals surface area contributed by atoms with E-state index in [1.54, 1.807) is 19.1 Å². The first-order valence-electron chi connectivity index (χ1n) is 7.54. The van der Waals surface area contributed by atoms with E-state index in [4.69, 9.17) is 0 Å². The van der Waals surface area contributed by atoms with Crippen LogP contribution in [0.15, 0.2) is 56.7 Å². The molecule has 0 aromatic heterocycles. The van der Waals surface area contributed by atoms with E-state index in [0.717, 1.165) is 10.0 Å². The maximum atomic E-state index is 12.4. The Balaban J connectivity index is 2.21. The molecule has 0 saturated heterocycles. The molecule has 6 nitrogen and oxygen atoms in total. The molecule has 0 aliphatic rings. The van der Waals surface area contributed by atoms with Crippen LogP contribution in [0.3, 0.4) is 0 Å². The van der Waals surface area contributed by atoms with Gasteiger partial charge < -0.3 is 0 Å². The molecule has 2 aromatic carbocycles. The Hall–Kier alpha value is -1.42. The Morgan fingerprint density at radius 2 is 1.52 bits per heavy atom. The fraction of sp³-hybridized carbons (Fsp3) is 0.250. The first-order valence-corrected chi connectivity index (χ1v) is 11.3. The summed E-state index contributed by atoms with van der Waals surface area (Å²) < 4.78 is 54.6. The van der Waals surface area contributed by atoms with Gasteiger partial charge >= 0.3 is 0 Å². The summed E-state index contributed by atoms with van der Waals surface area (Å²) in [5.41, 5.74) is 1.08. The summed E-state index contributed by atoms with van der Waals surface area (Å²) in [6.07, 6.45) is 0.684. The largest absolute Gasteiger partial charge is 0.280 e. The molecule has 9 heteroatoms. The molecule has 136 valence electrons. The van der Waals surface area contributed by atoms with Crippen molar-refractivity contribution in [2.75, 3.05) is 11.3 Å². The van der Waals surface area contributed by atoms with Crippen LogP contribution < -0.4 is 9.44 Å². The van der Waals surface area contributed by atoms with E-state index in [9.17, 15) is 16.8 Å². The topological polar surface area (TPSA) is 92.3 Å². The van der Waals surface area contributed by atoms with Gasteiger partial charge in [-0.3, -0.25) is 4.72 Å². The van der Waals surface area contributed by atoms with Crippen LogP contribution in [-0.4, -0.2) is 23.4 Å². The van der Waals surface area contributed by atoms with Gasteiger partial charge in [-0.15, -0.1) is 0 Å². The predicted molar refractivity (Wildman–Crippen MR) is 102 cm³/mol. The third kappa shape index (κ3) is 5.04. The van der Waals surface area contributed by atoms with Crippen LogP contribution in [0.1, 0.15) is 18.9 Å². The number of hydrogen-bond donors (Lipinski definition) is 2. The fourth-order valence-corrected chi connectivity index (χ4v) is 4.54. The Kier molecular flexibility index (Phi) is 6.26. The molecule has 0 fully saturated rings. The molecule has 0 aliphatic heterocycles. The summed E-state index contributed by atoms with van der Waals surface area (Å²) in [6, 6.07) is 10.3. The molecule has 0 bridgehead atoms.